The van der Waals surface area contributed by atoms with E-state index in [0.29, 0.717) is 12.8 Å². The molecular formula is C70H127NO10. The van der Waals surface area contributed by atoms with E-state index < -0.39 is 67.4 Å². The summed E-state index contributed by atoms with van der Waals surface area (Å²) >= 11 is 0. The summed E-state index contributed by atoms with van der Waals surface area (Å²) in [6.07, 6.45) is 62.5. The molecule has 0 spiro atoms. The Morgan fingerprint density at radius 1 is 0.481 bits per heavy atom. The van der Waals surface area contributed by atoms with Crippen molar-refractivity contribution in [2.24, 2.45) is 0 Å². The number of amides is 1. The van der Waals surface area contributed by atoms with Gasteiger partial charge in [-0.3, -0.25) is 9.59 Å². The van der Waals surface area contributed by atoms with E-state index in [9.17, 15) is 35.1 Å². The molecule has 6 N–H and O–H groups in total. The SMILES string of the molecule is CCCCC/C=C\C/C=C\C/C=C\C/C=C\CCCCCCCCC(O)C(=O)NC(COC1OC(CO)C(O)C(O)C1OC(=O)CCCCCCCCCCCCCCCCCCC)C(O)/C=C/CCCCCCCCCCCCC. The summed E-state index contributed by atoms with van der Waals surface area (Å²) in [5.74, 6) is -1.20. The van der Waals surface area contributed by atoms with Gasteiger partial charge in [-0.15, -0.1) is 0 Å². The van der Waals surface area contributed by atoms with Crippen LogP contribution in [0.15, 0.2) is 60.8 Å². The summed E-state index contributed by atoms with van der Waals surface area (Å²) in [4.78, 5) is 26.6. The maximum absolute atomic E-state index is 13.5. The molecule has 472 valence electrons. The number of carbonyl (C=O) groups excluding carboxylic acids is 2. The van der Waals surface area contributed by atoms with Crippen LogP contribution in [-0.4, -0.2) is 99.6 Å². The van der Waals surface area contributed by atoms with Crippen LogP contribution in [0.2, 0.25) is 0 Å². The molecule has 1 heterocycles. The zero-order chi connectivity index (χ0) is 58.9. The van der Waals surface area contributed by atoms with Crippen molar-refractivity contribution in [1.29, 1.82) is 0 Å². The first-order valence-electron chi connectivity index (χ1n) is 34.1. The minimum Gasteiger partial charge on any atom is -0.454 e. The second-order valence-electron chi connectivity index (χ2n) is 23.6. The number of hydrogen-bond donors (Lipinski definition) is 6. The third-order valence-electron chi connectivity index (χ3n) is 15.9. The molecule has 11 nitrogen and oxygen atoms in total. The summed E-state index contributed by atoms with van der Waals surface area (Å²) in [5, 5.41) is 57.2. The number of carbonyl (C=O) groups is 2. The van der Waals surface area contributed by atoms with Crippen LogP contribution in [0.25, 0.3) is 0 Å². The number of unbranched alkanes of at least 4 members (excludes halogenated alkanes) is 36. The van der Waals surface area contributed by atoms with Gasteiger partial charge in [0, 0.05) is 6.42 Å². The molecule has 0 bridgehead atoms. The minimum atomic E-state index is -1.61. The van der Waals surface area contributed by atoms with Crippen LogP contribution < -0.4 is 5.32 Å². The normalized spacial score (nSPS) is 19.0. The van der Waals surface area contributed by atoms with Gasteiger partial charge < -0.3 is 45.1 Å². The minimum absolute atomic E-state index is 0.125. The smallest absolute Gasteiger partial charge is 0.306 e. The number of hydrogen-bond acceptors (Lipinski definition) is 10. The second-order valence-corrected chi connectivity index (χ2v) is 23.6. The number of aliphatic hydroxyl groups excluding tert-OH is 5. The average molecular weight is 1140 g/mol. The third-order valence-corrected chi connectivity index (χ3v) is 15.9. The molecule has 8 unspecified atom stereocenters. The Labute approximate surface area is 497 Å². The second kappa shape index (κ2) is 57.8. The fourth-order valence-corrected chi connectivity index (χ4v) is 10.5. The number of allylic oxidation sites excluding steroid dienone is 9. The van der Waals surface area contributed by atoms with Crippen LogP contribution in [0.1, 0.15) is 310 Å². The van der Waals surface area contributed by atoms with Gasteiger partial charge in [-0.05, 0) is 70.6 Å². The van der Waals surface area contributed by atoms with E-state index in [1.165, 1.54) is 167 Å². The van der Waals surface area contributed by atoms with Gasteiger partial charge in [-0.1, -0.05) is 293 Å². The number of rotatable bonds is 58. The Hall–Kier alpha value is -2.64. The van der Waals surface area contributed by atoms with E-state index in [4.69, 9.17) is 14.2 Å². The molecule has 0 saturated carbocycles. The molecule has 1 fully saturated rings. The van der Waals surface area contributed by atoms with E-state index >= 15 is 0 Å². The summed E-state index contributed by atoms with van der Waals surface area (Å²) < 4.78 is 17.7. The third kappa shape index (κ3) is 45.4. The van der Waals surface area contributed by atoms with E-state index in [-0.39, 0.29) is 19.4 Å². The lowest BCUT2D eigenvalue weighted by atomic mass is 9.99. The molecule has 1 rings (SSSR count). The van der Waals surface area contributed by atoms with Gasteiger partial charge in [0.05, 0.1) is 25.4 Å². The maximum Gasteiger partial charge on any atom is 0.306 e. The van der Waals surface area contributed by atoms with E-state index in [1.807, 2.05) is 6.08 Å². The highest BCUT2D eigenvalue weighted by molar-refractivity contribution is 5.80. The first-order chi connectivity index (χ1) is 39.7. The van der Waals surface area contributed by atoms with E-state index in [1.54, 1.807) is 6.08 Å². The van der Waals surface area contributed by atoms with Gasteiger partial charge in [0.25, 0.3) is 0 Å². The average Bonchev–Trinajstić information content (AvgIpc) is 3.49. The van der Waals surface area contributed by atoms with Crippen molar-refractivity contribution in [2.75, 3.05) is 13.2 Å². The van der Waals surface area contributed by atoms with Crippen LogP contribution in [0, 0.1) is 0 Å². The van der Waals surface area contributed by atoms with Gasteiger partial charge in [0.2, 0.25) is 5.91 Å². The lowest BCUT2D eigenvalue weighted by Gasteiger charge is -2.41. The van der Waals surface area contributed by atoms with Crippen molar-refractivity contribution in [3.8, 4) is 0 Å². The number of esters is 1. The Kier molecular flexibility index (Phi) is 54.5. The lowest BCUT2D eigenvalue weighted by Crippen LogP contribution is -2.61. The molecule has 0 aromatic carbocycles. The van der Waals surface area contributed by atoms with Gasteiger partial charge in [-0.25, -0.2) is 0 Å². The number of nitrogens with one attached hydrogen (secondary N) is 1. The molecule has 1 aliphatic rings. The predicted molar refractivity (Wildman–Crippen MR) is 338 cm³/mol. The highest BCUT2D eigenvalue weighted by atomic mass is 16.7. The molecule has 1 amide bonds. The number of aliphatic hydroxyl groups is 5. The van der Waals surface area contributed by atoms with Crippen LogP contribution in [0.5, 0.6) is 0 Å². The summed E-state index contributed by atoms with van der Waals surface area (Å²) in [6, 6.07) is -1.03. The summed E-state index contributed by atoms with van der Waals surface area (Å²) in [5.41, 5.74) is 0. The van der Waals surface area contributed by atoms with Gasteiger partial charge >= 0.3 is 5.97 Å². The zero-order valence-corrected chi connectivity index (χ0v) is 52.4. The molecule has 1 aliphatic heterocycles. The monoisotopic (exact) mass is 1140 g/mol. The fraction of sp³-hybridized carbons (Fsp3) is 0.829. The Balaban J connectivity index is 2.65. The van der Waals surface area contributed by atoms with Crippen molar-refractivity contribution >= 4 is 11.9 Å². The molecular weight excluding hydrogens is 1010 g/mol. The molecule has 0 aromatic rings. The van der Waals surface area contributed by atoms with Crippen molar-refractivity contribution < 1.29 is 49.3 Å². The molecule has 0 radical (unpaired) electrons. The fourth-order valence-electron chi connectivity index (χ4n) is 10.5. The Bertz CT molecular complexity index is 1550. The Morgan fingerprint density at radius 2 is 0.852 bits per heavy atom. The molecule has 1 saturated heterocycles. The molecule has 11 heteroatoms. The summed E-state index contributed by atoms with van der Waals surface area (Å²) in [7, 11) is 0. The van der Waals surface area contributed by atoms with Crippen molar-refractivity contribution in [2.45, 2.75) is 359 Å². The first-order valence-corrected chi connectivity index (χ1v) is 34.1. The van der Waals surface area contributed by atoms with Crippen molar-refractivity contribution in [1.82, 2.24) is 5.32 Å². The lowest BCUT2D eigenvalue weighted by molar-refractivity contribution is -0.305. The zero-order valence-electron chi connectivity index (χ0n) is 52.4. The quantitative estimate of drug-likeness (QED) is 0.0195. The first kappa shape index (κ1) is 76.4. The standard InChI is InChI=1S/C70H127NO10/c1-4-7-10-13-16-19-22-25-27-29-30-31-32-33-35-36-39-42-45-48-51-54-57-63(74)69(78)71-61(62(73)56-53-50-47-44-41-38-24-21-18-15-12-9-6-3)60-79-70-68(67(77)66(76)64(59-72)80-70)81-65(75)58-55-52-49-46-43-40-37-34-28-26-23-20-17-14-11-8-5-2/h16,19,25,27,30-31,33,35,53,56,61-64,66-68,70,72-74,76-77H,4-15,17-18,20-24,26,28-29,32,34,36-52,54-55,57-60H2,1-3H3,(H,71,78)/b19-16-,27-25-,31-30-,35-33-,56-53+. The van der Waals surface area contributed by atoms with Gasteiger partial charge in [0.1, 0.15) is 24.4 Å². The van der Waals surface area contributed by atoms with Gasteiger partial charge in [-0.2, -0.15) is 0 Å². The van der Waals surface area contributed by atoms with Crippen LogP contribution in [0.3, 0.4) is 0 Å². The maximum atomic E-state index is 13.5. The predicted octanol–water partition coefficient (Wildman–Crippen LogP) is 17.0. The highest BCUT2D eigenvalue weighted by Crippen LogP contribution is 2.26. The van der Waals surface area contributed by atoms with Crippen molar-refractivity contribution in [3.63, 3.8) is 0 Å². The molecule has 81 heavy (non-hydrogen) atoms. The largest absolute Gasteiger partial charge is 0.454 e. The van der Waals surface area contributed by atoms with Crippen LogP contribution >= 0.6 is 0 Å². The molecule has 8 atom stereocenters. The van der Waals surface area contributed by atoms with Crippen molar-refractivity contribution in [3.05, 3.63) is 60.8 Å². The van der Waals surface area contributed by atoms with Gasteiger partial charge in [0.15, 0.2) is 12.4 Å². The van der Waals surface area contributed by atoms with E-state index in [2.05, 4.69) is 74.7 Å². The number of ether oxygens (including phenoxy) is 3. The van der Waals surface area contributed by atoms with Crippen LogP contribution in [-0.2, 0) is 23.8 Å². The highest BCUT2D eigenvalue weighted by Gasteiger charge is 2.47. The molecule has 0 aliphatic carbocycles. The topological polar surface area (TPSA) is 175 Å². The summed E-state index contributed by atoms with van der Waals surface area (Å²) in [6.45, 7) is 5.79. The Morgan fingerprint density at radius 3 is 1.30 bits per heavy atom. The van der Waals surface area contributed by atoms with E-state index in [0.717, 1.165) is 96.3 Å². The van der Waals surface area contributed by atoms with Crippen LogP contribution in [0.4, 0.5) is 0 Å². The molecule has 0 aromatic heterocycles.